The van der Waals surface area contributed by atoms with E-state index in [4.69, 9.17) is 16.9 Å². The van der Waals surface area contributed by atoms with E-state index in [1.165, 1.54) is 11.0 Å². The molecular formula is C23H19ClN4O2. The fourth-order valence-corrected chi connectivity index (χ4v) is 4.66. The zero-order chi connectivity index (χ0) is 21.5. The minimum absolute atomic E-state index is 0.234. The molecule has 0 atom stereocenters. The molecule has 0 aromatic heterocycles. The monoisotopic (exact) mass is 418 g/mol. The van der Waals surface area contributed by atoms with E-state index in [1.54, 1.807) is 30.0 Å². The van der Waals surface area contributed by atoms with E-state index in [-0.39, 0.29) is 23.5 Å². The molecule has 2 aliphatic rings. The van der Waals surface area contributed by atoms with E-state index in [2.05, 4.69) is 6.07 Å². The van der Waals surface area contributed by atoms with Crippen LogP contribution in [0.2, 0.25) is 5.02 Å². The zero-order valence-corrected chi connectivity index (χ0v) is 17.2. The van der Waals surface area contributed by atoms with Crippen molar-refractivity contribution >= 4 is 29.2 Å². The molecule has 2 aromatic carbocycles. The molecule has 1 spiro atoms. The first-order chi connectivity index (χ1) is 14.4. The van der Waals surface area contributed by atoms with Crippen molar-refractivity contribution in [2.75, 3.05) is 4.90 Å². The van der Waals surface area contributed by atoms with Gasteiger partial charge in [0.05, 0.1) is 27.9 Å². The number of urea groups is 1. The van der Waals surface area contributed by atoms with Crippen LogP contribution in [-0.2, 0) is 11.3 Å². The molecule has 1 aliphatic carbocycles. The third-order valence-electron chi connectivity index (χ3n) is 6.11. The van der Waals surface area contributed by atoms with E-state index in [0.29, 0.717) is 35.2 Å². The van der Waals surface area contributed by atoms with E-state index >= 15 is 0 Å². The topological polar surface area (TPSA) is 88.2 Å². The van der Waals surface area contributed by atoms with Crippen LogP contribution < -0.4 is 4.90 Å². The third kappa shape index (κ3) is 2.93. The lowest BCUT2D eigenvalue weighted by Gasteiger charge is -2.31. The number of nitrogens with zero attached hydrogens (tertiary/aromatic N) is 4. The van der Waals surface area contributed by atoms with Gasteiger partial charge in [0, 0.05) is 6.54 Å². The molecule has 1 aliphatic heterocycles. The van der Waals surface area contributed by atoms with Crippen molar-refractivity contribution in [1.82, 2.24) is 4.90 Å². The normalized spacial score (nSPS) is 17.5. The highest BCUT2D eigenvalue weighted by Gasteiger charge is 2.58. The van der Waals surface area contributed by atoms with Gasteiger partial charge in [0.25, 0.3) is 5.91 Å². The van der Waals surface area contributed by atoms with Crippen LogP contribution in [-0.4, -0.2) is 22.4 Å². The molecule has 3 amide bonds. The molecule has 0 bridgehead atoms. The summed E-state index contributed by atoms with van der Waals surface area (Å²) in [5.74, 6) is -0.234. The van der Waals surface area contributed by atoms with E-state index in [0.717, 1.165) is 18.4 Å². The Balaban J connectivity index is 1.75. The number of hydrogen-bond donors (Lipinski definition) is 0. The van der Waals surface area contributed by atoms with Gasteiger partial charge in [-0.2, -0.15) is 10.5 Å². The van der Waals surface area contributed by atoms with Crippen molar-refractivity contribution in [2.45, 2.75) is 44.7 Å². The van der Waals surface area contributed by atoms with Gasteiger partial charge in [-0.1, -0.05) is 36.6 Å². The molecule has 0 N–H and O–H groups in total. The molecule has 7 heteroatoms. The maximum atomic E-state index is 13.6. The Hall–Kier alpha value is -3.35. The highest BCUT2D eigenvalue weighted by molar-refractivity contribution is 6.33. The van der Waals surface area contributed by atoms with Crippen molar-refractivity contribution in [3.05, 3.63) is 63.7 Å². The van der Waals surface area contributed by atoms with Gasteiger partial charge >= 0.3 is 6.03 Å². The predicted octanol–water partition coefficient (Wildman–Crippen LogP) is 4.67. The highest BCUT2D eigenvalue weighted by Crippen LogP contribution is 2.45. The molecule has 1 saturated carbocycles. The molecule has 6 nitrogen and oxygen atoms in total. The van der Waals surface area contributed by atoms with Crippen molar-refractivity contribution in [2.24, 2.45) is 0 Å². The summed E-state index contributed by atoms with van der Waals surface area (Å²) in [5.41, 5.74) is 1.80. The van der Waals surface area contributed by atoms with Gasteiger partial charge in [-0.05, 0) is 55.2 Å². The number of halogens is 1. The second kappa shape index (κ2) is 7.48. The summed E-state index contributed by atoms with van der Waals surface area (Å²) >= 11 is 6.31. The molecule has 1 heterocycles. The molecular weight excluding hydrogens is 400 g/mol. The number of imide groups is 1. The first-order valence-electron chi connectivity index (χ1n) is 9.77. The Bertz CT molecular complexity index is 1120. The molecule has 4 rings (SSSR count). The standard InChI is InChI=1S/C23H19ClN4O2/c1-15-19(9-8-18(13-26)20(15)24)28-21(29)23(10-2-3-11-23)27(22(28)30)14-17-6-4-16(12-25)5-7-17/h4-9H,2-3,10-11,14H2,1H3. The quantitative estimate of drug-likeness (QED) is 0.677. The zero-order valence-electron chi connectivity index (χ0n) is 16.5. The first-order valence-corrected chi connectivity index (χ1v) is 10.1. The number of anilines is 1. The Kier molecular flexibility index (Phi) is 4.97. The average molecular weight is 419 g/mol. The van der Waals surface area contributed by atoms with Gasteiger partial charge in [-0.3, -0.25) is 4.79 Å². The van der Waals surface area contributed by atoms with Gasteiger partial charge in [0.15, 0.2) is 0 Å². The number of benzene rings is 2. The molecule has 2 aromatic rings. The molecule has 0 radical (unpaired) electrons. The molecule has 30 heavy (non-hydrogen) atoms. The number of nitriles is 2. The minimum Gasteiger partial charge on any atom is -0.305 e. The summed E-state index contributed by atoms with van der Waals surface area (Å²) in [7, 11) is 0. The summed E-state index contributed by atoms with van der Waals surface area (Å²) < 4.78 is 0. The summed E-state index contributed by atoms with van der Waals surface area (Å²) in [5, 5.41) is 18.5. The lowest BCUT2D eigenvalue weighted by molar-refractivity contribution is -0.124. The van der Waals surface area contributed by atoms with Gasteiger partial charge in [-0.15, -0.1) is 0 Å². The van der Waals surface area contributed by atoms with Crippen molar-refractivity contribution in [3.63, 3.8) is 0 Å². The second-order valence-electron chi connectivity index (χ2n) is 7.74. The summed E-state index contributed by atoms with van der Waals surface area (Å²) in [4.78, 5) is 29.9. The third-order valence-corrected chi connectivity index (χ3v) is 6.60. The Labute approximate surface area is 179 Å². The largest absolute Gasteiger partial charge is 0.332 e. The van der Waals surface area contributed by atoms with Crippen LogP contribution in [0.15, 0.2) is 36.4 Å². The molecule has 1 saturated heterocycles. The van der Waals surface area contributed by atoms with Crippen molar-refractivity contribution < 1.29 is 9.59 Å². The van der Waals surface area contributed by atoms with Gasteiger partial charge in [0.2, 0.25) is 0 Å². The Morgan fingerprint density at radius 2 is 1.70 bits per heavy atom. The molecule has 2 fully saturated rings. The number of rotatable bonds is 3. The Morgan fingerprint density at radius 3 is 2.30 bits per heavy atom. The van der Waals surface area contributed by atoms with Crippen LogP contribution >= 0.6 is 11.6 Å². The lowest BCUT2D eigenvalue weighted by atomic mass is 9.94. The fraction of sp³-hybridized carbons (Fsp3) is 0.304. The van der Waals surface area contributed by atoms with E-state index < -0.39 is 5.54 Å². The van der Waals surface area contributed by atoms with Crippen molar-refractivity contribution in [3.8, 4) is 12.1 Å². The summed E-state index contributed by atoms with van der Waals surface area (Å²) in [6.45, 7) is 2.00. The minimum atomic E-state index is -0.863. The average Bonchev–Trinajstić information content (AvgIpc) is 3.32. The van der Waals surface area contributed by atoms with Crippen LogP contribution in [0.4, 0.5) is 10.5 Å². The SMILES string of the molecule is Cc1c(N2C(=O)N(Cc3ccc(C#N)cc3)C3(CCCC3)C2=O)ccc(C#N)c1Cl. The highest BCUT2D eigenvalue weighted by atomic mass is 35.5. The van der Waals surface area contributed by atoms with Crippen LogP contribution in [0, 0.1) is 29.6 Å². The first kappa shape index (κ1) is 19.9. The van der Waals surface area contributed by atoms with Crippen LogP contribution in [0.3, 0.4) is 0 Å². The van der Waals surface area contributed by atoms with Gasteiger partial charge in [-0.25, -0.2) is 9.69 Å². The van der Waals surface area contributed by atoms with Gasteiger partial charge in [0.1, 0.15) is 11.6 Å². The fourth-order valence-electron chi connectivity index (χ4n) is 4.46. The maximum absolute atomic E-state index is 13.6. The smallest absolute Gasteiger partial charge is 0.305 e. The molecule has 150 valence electrons. The predicted molar refractivity (Wildman–Crippen MR) is 112 cm³/mol. The lowest BCUT2D eigenvalue weighted by Crippen LogP contribution is -2.47. The Morgan fingerprint density at radius 1 is 1.03 bits per heavy atom. The maximum Gasteiger partial charge on any atom is 0.332 e. The summed E-state index contributed by atoms with van der Waals surface area (Å²) in [6.07, 6.45) is 2.99. The van der Waals surface area contributed by atoms with Crippen LogP contribution in [0.5, 0.6) is 0 Å². The van der Waals surface area contributed by atoms with Crippen LogP contribution in [0.25, 0.3) is 0 Å². The number of amides is 3. The number of carbonyl (C=O) groups excluding carboxylic acids is 2. The van der Waals surface area contributed by atoms with E-state index in [9.17, 15) is 14.9 Å². The van der Waals surface area contributed by atoms with Gasteiger partial charge < -0.3 is 4.90 Å². The number of hydrogen-bond acceptors (Lipinski definition) is 4. The van der Waals surface area contributed by atoms with Crippen LogP contribution in [0.1, 0.15) is 47.9 Å². The summed E-state index contributed by atoms with van der Waals surface area (Å²) in [6, 6.07) is 13.9. The number of carbonyl (C=O) groups is 2. The van der Waals surface area contributed by atoms with Crippen molar-refractivity contribution in [1.29, 1.82) is 10.5 Å². The molecule has 0 unspecified atom stereocenters. The van der Waals surface area contributed by atoms with E-state index in [1.807, 2.05) is 18.2 Å². The second-order valence-corrected chi connectivity index (χ2v) is 8.12.